The molecule has 5 fully saturated rings. The molecule has 0 spiro atoms. The lowest BCUT2D eigenvalue weighted by atomic mass is 9.44. The van der Waals surface area contributed by atoms with Crippen LogP contribution in [0, 0.1) is 28.6 Å². The Bertz CT molecular complexity index is 325. The van der Waals surface area contributed by atoms with Crippen LogP contribution < -0.4 is 0 Å². The predicted molar refractivity (Wildman–Crippen MR) is 69.2 cm³/mol. The number of fused-ring (bicyclic) bond motifs is 4. The van der Waals surface area contributed by atoms with Crippen LogP contribution in [0.15, 0.2) is 12.2 Å². The van der Waals surface area contributed by atoms with E-state index in [1.54, 1.807) is 5.57 Å². The fourth-order valence-corrected chi connectivity index (χ4v) is 5.18. The molecule has 90 valence electrons. The zero-order valence-corrected chi connectivity index (χ0v) is 11.2. The molecule has 0 N–H and O–H groups in total. The van der Waals surface area contributed by atoms with Crippen LogP contribution in [0.25, 0.3) is 0 Å². The van der Waals surface area contributed by atoms with Crippen molar-refractivity contribution < 1.29 is 0 Å². The van der Waals surface area contributed by atoms with Crippen LogP contribution in [0.3, 0.4) is 0 Å². The molecule has 5 aliphatic carbocycles. The molecule has 3 unspecified atom stereocenters. The summed E-state index contributed by atoms with van der Waals surface area (Å²) in [6.45, 7) is 12.0. The van der Waals surface area contributed by atoms with E-state index in [2.05, 4.69) is 27.4 Å². The minimum Gasteiger partial charge on any atom is -0.0990 e. The lowest BCUT2D eigenvalue weighted by molar-refractivity contribution is -0.0445. The number of hydrogen-bond acceptors (Lipinski definition) is 0. The molecule has 0 nitrogen and oxygen atoms in total. The maximum Gasteiger partial charge on any atom is -0.00878 e. The van der Waals surface area contributed by atoms with E-state index >= 15 is 0 Å². The van der Waals surface area contributed by atoms with Gasteiger partial charge in [0.2, 0.25) is 0 Å². The molecule has 4 atom stereocenters. The van der Waals surface area contributed by atoms with Gasteiger partial charge in [-0.3, -0.25) is 0 Å². The highest BCUT2D eigenvalue weighted by molar-refractivity contribution is 5.24. The molecule has 5 rings (SSSR count). The maximum absolute atomic E-state index is 4.52. The highest BCUT2D eigenvalue weighted by Crippen LogP contribution is 2.65. The van der Waals surface area contributed by atoms with Crippen LogP contribution in [0.4, 0.5) is 0 Å². The molecule has 0 aliphatic heterocycles. The van der Waals surface area contributed by atoms with Crippen molar-refractivity contribution in [1.82, 2.24) is 0 Å². The molecule has 0 radical (unpaired) electrons. The summed E-state index contributed by atoms with van der Waals surface area (Å²) in [6.07, 6.45) is 8.67. The van der Waals surface area contributed by atoms with Crippen molar-refractivity contribution in [2.75, 3.05) is 0 Å². The summed E-state index contributed by atoms with van der Waals surface area (Å²) in [5, 5.41) is 0. The zero-order valence-electron chi connectivity index (χ0n) is 11.2. The van der Waals surface area contributed by atoms with Crippen molar-refractivity contribution in [2.45, 2.75) is 59.3 Å². The highest BCUT2D eigenvalue weighted by atomic mass is 14.6. The Morgan fingerprint density at radius 1 is 1.12 bits per heavy atom. The zero-order chi connectivity index (χ0) is 11.6. The molecule has 0 saturated heterocycles. The third-order valence-electron chi connectivity index (χ3n) is 6.45. The summed E-state index contributed by atoms with van der Waals surface area (Å²) in [4.78, 5) is 0. The minimum atomic E-state index is 0.510. The first kappa shape index (κ1) is 10.9. The summed E-state index contributed by atoms with van der Waals surface area (Å²) >= 11 is 0. The molecule has 16 heavy (non-hydrogen) atoms. The highest BCUT2D eigenvalue weighted by Gasteiger charge is 2.55. The fourth-order valence-electron chi connectivity index (χ4n) is 5.18. The van der Waals surface area contributed by atoms with Crippen LogP contribution >= 0.6 is 0 Å². The van der Waals surface area contributed by atoms with Gasteiger partial charge in [0.15, 0.2) is 0 Å². The molecule has 0 aromatic carbocycles. The fraction of sp³-hybridized carbons (Fsp3) is 0.875. The summed E-state index contributed by atoms with van der Waals surface area (Å²) in [5.74, 6) is 2.74. The first-order valence-corrected chi connectivity index (χ1v) is 7.14. The van der Waals surface area contributed by atoms with E-state index in [9.17, 15) is 0 Å². The summed E-state index contributed by atoms with van der Waals surface area (Å²) in [7, 11) is 0. The molecule has 0 heterocycles. The first-order chi connectivity index (χ1) is 7.45. The molecule has 0 aromatic rings. The van der Waals surface area contributed by atoms with Crippen molar-refractivity contribution in [3.63, 3.8) is 0 Å². The average molecular weight is 218 g/mol. The van der Waals surface area contributed by atoms with E-state index in [1.165, 1.54) is 38.5 Å². The molecule has 0 aromatic heterocycles. The Kier molecular flexibility index (Phi) is 2.14. The quantitative estimate of drug-likeness (QED) is 0.512. The molecular weight excluding hydrogens is 192 g/mol. The van der Waals surface area contributed by atoms with Crippen LogP contribution in [0.1, 0.15) is 59.3 Å². The largest absolute Gasteiger partial charge is 0.0990 e. The van der Waals surface area contributed by atoms with Gasteiger partial charge in [-0.2, -0.15) is 0 Å². The summed E-state index contributed by atoms with van der Waals surface area (Å²) in [5.41, 5.74) is 2.71. The maximum atomic E-state index is 4.52. The molecule has 0 amide bonds. The van der Waals surface area contributed by atoms with Crippen molar-refractivity contribution in [3.05, 3.63) is 12.2 Å². The van der Waals surface area contributed by atoms with E-state index in [1.807, 2.05) is 0 Å². The van der Waals surface area contributed by atoms with Crippen LogP contribution in [-0.2, 0) is 0 Å². The normalized spacial score (nSPS) is 50.2. The number of allylic oxidation sites excluding steroid dienone is 1. The molecular formula is C16H26. The lowest BCUT2D eigenvalue weighted by Gasteiger charge is -2.61. The summed E-state index contributed by atoms with van der Waals surface area (Å²) < 4.78 is 0. The van der Waals surface area contributed by atoms with Gasteiger partial charge in [0.05, 0.1) is 0 Å². The average Bonchev–Trinajstić information content (AvgIpc) is 2.24. The molecule has 5 saturated carbocycles. The molecule has 0 heteroatoms. The van der Waals surface area contributed by atoms with E-state index in [0.717, 1.165) is 17.8 Å². The summed E-state index contributed by atoms with van der Waals surface area (Å²) in [6, 6.07) is 0. The van der Waals surface area contributed by atoms with Crippen molar-refractivity contribution in [3.8, 4) is 0 Å². The molecule has 4 bridgehead atoms. The van der Waals surface area contributed by atoms with E-state index < -0.39 is 0 Å². The molecule has 5 aliphatic rings. The second kappa shape index (κ2) is 3.15. The topological polar surface area (TPSA) is 0 Å². The predicted octanol–water partition coefficient (Wildman–Crippen LogP) is 4.81. The van der Waals surface area contributed by atoms with E-state index in [0.29, 0.717) is 10.8 Å². The van der Waals surface area contributed by atoms with E-state index in [4.69, 9.17) is 0 Å². The second-order valence-corrected chi connectivity index (χ2v) is 7.51. The van der Waals surface area contributed by atoms with Crippen LogP contribution in [0.5, 0.6) is 0 Å². The van der Waals surface area contributed by atoms with Gasteiger partial charge in [0.1, 0.15) is 0 Å². The third-order valence-corrected chi connectivity index (χ3v) is 6.45. The van der Waals surface area contributed by atoms with Crippen molar-refractivity contribution >= 4 is 0 Å². The SMILES string of the molecule is C=C1C2CCC3CC2C(C)(C)CCC[C@@]13C. The van der Waals surface area contributed by atoms with Crippen LogP contribution in [-0.4, -0.2) is 0 Å². The van der Waals surface area contributed by atoms with Gasteiger partial charge < -0.3 is 0 Å². The Morgan fingerprint density at radius 3 is 2.56 bits per heavy atom. The van der Waals surface area contributed by atoms with Crippen molar-refractivity contribution in [1.29, 1.82) is 0 Å². The smallest absolute Gasteiger partial charge is 0.00878 e. The number of rotatable bonds is 0. The van der Waals surface area contributed by atoms with E-state index in [-0.39, 0.29) is 0 Å². The van der Waals surface area contributed by atoms with Crippen molar-refractivity contribution in [2.24, 2.45) is 28.6 Å². The van der Waals surface area contributed by atoms with Gasteiger partial charge in [-0.25, -0.2) is 0 Å². The Balaban J connectivity index is 2.04. The monoisotopic (exact) mass is 218 g/mol. The van der Waals surface area contributed by atoms with Gasteiger partial charge in [-0.1, -0.05) is 39.3 Å². The minimum absolute atomic E-state index is 0.510. The number of hydrogen-bond donors (Lipinski definition) is 0. The Hall–Kier alpha value is -0.260. The standard InChI is InChI=1S/C16H26/c1-11-13-7-6-12-10-14(13)15(2,3)8-5-9-16(11,12)4/h12-14H,1,5-10H2,2-4H3/t12?,13?,14?,16-/m0/s1. The Morgan fingerprint density at radius 2 is 1.88 bits per heavy atom. The van der Waals surface area contributed by atoms with Gasteiger partial charge in [-0.05, 0) is 60.7 Å². The lowest BCUT2D eigenvalue weighted by Crippen LogP contribution is -2.51. The van der Waals surface area contributed by atoms with Crippen LogP contribution in [0.2, 0.25) is 0 Å². The Labute approximate surface area is 101 Å². The van der Waals surface area contributed by atoms with Gasteiger partial charge in [0, 0.05) is 0 Å². The van der Waals surface area contributed by atoms with Gasteiger partial charge in [0.25, 0.3) is 0 Å². The van der Waals surface area contributed by atoms with Gasteiger partial charge >= 0.3 is 0 Å². The second-order valence-electron chi connectivity index (χ2n) is 7.51. The first-order valence-electron chi connectivity index (χ1n) is 7.14. The van der Waals surface area contributed by atoms with Gasteiger partial charge in [-0.15, -0.1) is 0 Å². The third kappa shape index (κ3) is 1.22.